The molecule has 1 atom stereocenters. The van der Waals surface area contributed by atoms with Crippen molar-refractivity contribution < 1.29 is 9.63 Å². The molecule has 17 heavy (non-hydrogen) atoms. The summed E-state index contributed by atoms with van der Waals surface area (Å²) in [6.45, 7) is 6.87. The van der Waals surface area contributed by atoms with Crippen LogP contribution in [0.2, 0.25) is 0 Å². The second-order valence-corrected chi connectivity index (χ2v) is 5.34. The van der Waals surface area contributed by atoms with Crippen LogP contribution in [0.1, 0.15) is 52.9 Å². The van der Waals surface area contributed by atoms with Gasteiger partial charge in [-0.25, -0.2) is 0 Å². The highest BCUT2D eigenvalue weighted by molar-refractivity contribution is 5.81. The number of carbonyl (C=O) groups is 1. The first kappa shape index (κ1) is 14.5. The van der Waals surface area contributed by atoms with Crippen molar-refractivity contribution >= 4 is 5.91 Å². The highest BCUT2D eigenvalue weighted by Crippen LogP contribution is 2.19. The van der Waals surface area contributed by atoms with Crippen molar-refractivity contribution in [3.8, 4) is 0 Å². The molecule has 100 valence electrons. The molecule has 0 saturated heterocycles. The zero-order valence-corrected chi connectivity index (χ0v) is 11.3. The third-order valence-corrected chi connectivity index (χ3v) is 3.13. The average molecular weight is 242 g/mol. The maximum atomic E-state index is 11.7. The Labute approximate surface area is 104 Å². The van der Waals surface area contributed by atoms with Crippen LogP contribution in [-0.4, -0.2) is 24.6 Å². The van der Waals surface area contributed by atoms with Gasteiger partial charge in [0.15, 0.2) is 0 Å². The highest BCUT2D eigenvalue weighted by Gasteiger charge is 2.18. The van der Waals surface area contributed by atoms with Gasteiger partial charge in [-0.15, -0.1) is 0 Å². The van der Waals surface area contributed by atoms with Crippen molar-refractivity contribution in [1.29, 1.82) is 0 Å². The minimum absolute atomic E-state index is 0.0173. The summed E-state index contributed by atoms with van der Waals surface area (Å²) in [5, 5.41) is 2.91. The van der Waals surface area contributed by atoms with Crippen LogP contribution in [0.15, 0.2) is 0 Å². The normalized spacial score (nSPS) is 18.6. The molecule has 2 N–H and O–H groups in total. The molecule has 0 aromatic rings. The van der Waals surface area contributed by atoms with Crippen LogP contribution < -0.4 is 10.8 Å². The Morgan fingerprint density at radius 1 is 1.29 bits per heavy atom. The number of hydroxylamine groups is 1. The lowest BCUT2D eigenvalue weighted by atomic mass is 10.1. The van der Waals surface area contributed by atoms with Crippen LogP contribution in [0.4, 0.5) is 0 Å². The van der Waals surface area contributed by atoms with Gasteiger partial charge in [0.1, 0.15) is 6.04 Å². The fourth-order valence-corrected chi connectivity index (χ4v) is 1.90. The molecular formula is C13H26N2O2. The molecule has 0 aliphatic heterocycles. The molecule has 4 heteroatoms. The van der Waals surface area contributed by atoms with Crippen molar-refractivity contribution in [3.63, 3.8) is 0 Å². The number of hydrogen-bond donors (Lipinski definition) is 2. The number of carbonyl (C=O) groups excluding carboxylic acids is 1. The van der Waals surface area contributed by atoms with Crippen LogP contribution in [0, 0.1) is 5.92 Å². The van der Waals surface area contributed by atoms with E-state index in [1.165, 1.54) is 12.8 Å². The lowest BCUT2D eigenvalue weighted by Crippen LogP contribution is -2.43. The van der Waals surface area contributed by atoms with Crippen LogP contribution in [0.25, 0.3) is 0 Å². The first-order chi connectivity index (χ1) is 8.09. The Balaban J connectivity index is 2.08. The van der Waals surface area contributed by atoms with E-state index in [0.29, 0.717) is 12.0 Å². The third-order valence-electron chi connectivity index (χ3n) is 3.13. The molecular weight excluding hydrogens is 216 g/mol. The van der Waals surface area contributed by atoms with Crippen molar-refractivity contribution in [2.45, 2.75) is 65.0 Å². The predicted molar refractivity (Wildman–Crippen MR) is 68.4 cm³/mol. The molecule has 1 aliphatic carbocycles. The van der Waals surface area contributed by atoms with E-state index in [9.17, 15) is 4.79 Å². The third kappa shape index (κ3) is 6.03. The minimum atomic E-state index is -0.275. The lowest BCUT2D eigenvalue weighted by Gasteiger charge is -2.17. The zero-order valence-electron chi connectivity index (χ0n) is 11.3. The summed E-state index contributed by atoms with van der Waals surface area (Å²) >= 11 is 0. The Kier molecular flexibility index (Phi) is 6.52. The summed E-state index contributed by atoms with van der Waals surface area (Å²) in [7, 11) is 0. The molecule has 1 fully saturated rings. The summed E-state index contributed by atoms with van der Waals surface area (Å²) in [5.74, 6) is 0.636. The predicted octanol–water partition coefficient (Wildman–Crippen LogP) is 2.00. The van der Waals surface area contributed by atoms with E-state index < -0.39 is 0 Å². The maximum Gasteiger partial charge on any atom is 0.239 e. The lowest BCUT2D eigenvalue weighted by molar-refractivity contribution is -0.128. The minimum Gasteiger partial charge on any atom is -0.355 e. The van der Waals surface area contributed by atoms with Crippen molar-refractivity contribution in [3.05, 3.63) is 0 Å². The van der Waals surface area contributed by atoms with Gasteiger partial charge in [0.25, 0.3) is 0 Å². The SMILES string of the molecule is CC(C)CCNC(=O)C(C)NOC1CCCC1. The molecule has 1 rings (SSSR count). The Morgan fingerprint density at radius 3 is 2.53 bits per heavy atom. The molecule has 0 bridgehead atoms. The standard InChI is InChI=1S/C13H26N2O2/c1-10(2)8-9-14-13(16)11(3)15-17-12-6-4-5-7-12/h10-12,15H,4-9H2,1-3H3,(H,14,16). The Bertz CT molecular complexity index is 225. The second-order valence-electron chi connectivity index (χ2n) is 5.34. The molecule has 0 aromatic carbocycles. The van der Waals surface area contributed by atoms with Gasteiger partial charge < -0.3 is 5.32 Å². The smallest absolute Gasteiger partial charge is 0.239 e. The number of rotatable bonds is 7. The second kappa shape index (κ2) is 7.67. The Morgan fingerprint density at radius 2 is 1.94 bits per heavy atom. The maximum absolute atomic E-state index is 11.7. The number of hydrogen-bond acceptors (Lipinski definition) is 3. The molecule has 1 saturated carbocycles. The van der Waals surface area contributed by atoms with Crippen LogP contribution in [0.5, 0.6) is 0 Å². The molecule has 1 aliphatic rings. The molecule has 1 unspecified atom stereocenters. The van der Waals surface area contributed by atoms with Crippen LogP contribution in [-0.2, 0) is 9.63 Å². The first-order valence-corrected chi connectivity index (χ1v) is 6.78. The summed E-state index contributed by atoms with van der Waals surface area (Å²) in [4.78, 5) is 17.2. The van der Waals surface area contributed by atoms with Gasteiger partial charge in [0.2, 0.25) is 5.91 Å². The summed E-state index contributed by atoms with van der Waals surface area (Å²) in [6.07, 6.45) is 5.99. The van der Waals surface area contributed by atoms with Gasteiger partial charge in [0.05, 0.1) is 6.10 Å². The van der Waals surface area contributed by atoms with Gasteiger partial charge in [-0.2, -0.15) is 5.48 Å². The molecule has 0 radical (unpaired) electrons. The van der Waals surface area contributed by atoms with E-state index in [1.807, 2.05) is 6.92 Å². The van der Waals surface area contributed by atoms with Crippen molar-refractivity contribution in [2.75, 3.05) is 6.54 Å². The molecule has 1 amide bonds. The highest BCUT2D eigenvalue weighted by atomic mass is 16.7. The molecule has 0 aromatic heterocycles. The number of amides is 1. The summed E-state index contributed by atoms with van der Waals surface area (Å²) in [6, 6.07) is -0.275. The average Bonchev–Trinajstić information content (AvgIpc) is 2.78. The summed E-state index contributed by atoms with van der Waals surface area (Å²) < 4.78 is 0. The zero-order chi connectivity index (χ0) is 12.7. The fraction of sp³-hybridized carbons (Fsp3) is 0.923. The van der Waals surface area contributed by atoms with E-state index in [-0.39, 0.29) is 11.9 Å². The van der Waals surface area contributed by atoms with E-state index in [2.05, 4.69) is 24.6 Å². The van der Waals surface area contributed by atoms with Crippen molar-refractivity contribution in [1.82, 2.24) is 10.8 Å². The van der Waals surface area contributed by atoms with E-state index in [0.717, 1.165) is 25.8 Å². The molecule has 4 nitrogen and oxygen atoms in total. The van der Waals surface area contributed by atoms with Gasteiger partial charge in [-0.1, -0.05) is 26.7 Å². The molecule has 0 spiro atoms. The van der Waals surface area contributed by atoms with Crippen LogP contribution >= 0.6 is 0 Å². The van der Waals surface area contributed by atoms with Crippen molar-refractivity contribution in [2.24, 2.45) is 5.92 Å². The van der Waals surface area contributed by atoms with Gasteiger partial charge >= 0.3 is 0 Å². The van der Waals surface area contributed by atoms with E-state index in [1.54, 1.807) is 0 Å². The van der Waals surface area contributed by atoms with Crippen LogP contribution in [0.3, 0.4) is 0 Å². The number of nitrogens with one attached hydrogen (secondary N) is 2. The van der Waals surface area contributed by atoms with E-state index in [4.69, 9.17) is 4.84 Å². The topological polar surface area (TPSA) is 50.4 Å². The van der Waals surface area contributed by atoms with Gasteiger partial charge in [0, 0.05) is 6.54 Å². The fourth-order valence-electron chi connectivity index (χ4n) is 1.90. The van der Waals surface area contributed by atoms with Gasteiger partial charge in [-0.05, 0) is 32.1 Å². The van der Waals surface area contributed by atoms with E-state index >= 15 is 0 Å². The summed E-state index contributed by atoms with van der Waals surface area (Å²) in [5.41, 5.74) is 2.85. The largest absolute Gasteiger partial charge is 0.355 e. The molecule has 0 heterocycles. The van der Waals surface area contributed by atoms with Gasteiger partial charge in [-0.3, -0.25) is 9.63 Å². The monoisotopic (exact) mass is 242 g/mol. The Hall–Kier alpha value is -0.610. The quantitative estimate of drug-likeness (QED) is 0.671. The first-order valence-electron chi connectivity index (χ1n) is 6.78.